The van der Waals surface area contributed by atoms with E-state index in [1.54, 1.807) is 4.90 Å². The van der Waals surface area contributed by atoms with Gasteiger partial charge < -0.3 is 15.1 Å². The largest absolute Gasteiger partial charge is 0.355 e. The van der Waals surface area contributed by atoms with Crippen molar-refractivity contribution in [1.29, 1.82) is 0 Å². The first-order valence-corrected chi connectivity index (χ1v) is 9.68. The zero-order chi connectivity index (χ0) is 17.2. The number of nitrogens with zero attached hydrogens (tertiary/aromatic N) is 3. The Labute approximate surface area is 170 Å². The van der Waals surface area contributed by atoms with E-state index in [1.165, 1.54) is 32.1 Å². The monoisotopic (exact) mass is 462 g/mol. The van der Waals surface area contributed by atoms with Gasteiger partial charge in [-0.1, -0.05) is 25.7 Å². The molecule has 3 rings (SSSR count). The summed E-state index contributed by atoms with van der Waals surface area (Å²) in [5, 5.41) is 3.56. The Morgan fingerprint density at radius 2 is 1.68 bits per heavy atom. The third kappa shape index (κ3) is 4.25. The van der Waals surface area contributed by atoms with Crippen molar-refractivity contribution < 1.29 is 4.79 Å². The first-order valence-electron chi connectivity index (χ1n) is 9.68. The highest BCUT2D eigenvalue weighted by Crippen LogP contribution is 2.45. The molecule has 5 nitrogen and oxygen atoms in total. The van der Waals surface area contributed by atoms with Gasteiger partial charge in [-0.3, -0.25) is 9.79 Å². The van der Waals surface area contributed by atoms with E-state index in [4.69, 9.17) is 0 Å². The first-order chi connectivity index (χ1) is 11.5. The fourth-order valence-corrected chi connectivity index (χ4v) is 5.22. The molecular weight excluding hydrogens is 427 g/mol. The van der Waals surface area contributed by atoms with Crippen LogP contribution in [-0.4, -0.2) is 62.4 Å². The first kappa shape index (κ1) is 20.8. The molecule has 0 aromatic rings. The summed E-state index contributed by atoms with van der Waals surface area (Å²) in [6.07, 6.45) is 11.2. The zero-order valence-electron chi connectivity index (χ0n) is 16.1. The fourth-order valence-electron chi connectivity index (χ4n) is 5.22. The minimum atomic E-state index is -0.232. The maximum absolute atomic E-state index is 12.7. The van der Waals surface area contributed by atoms with Gasteiger partial charge in [-0.05, 0) is 37.5 Å². The predicted molar refractivity (Wildman–Crippen MR) is 113 cm³/mol. The van der Waals surface area contributed by atoms with Crippen LogP contribution in [0.4, 0.5) is 0 Å². The number of aliphatic imine (C=N–C) groups is 1. The number of guanidine groups is 1. The van der Waals surface area contributed by atoms with Gasteiger partial charge in [-0.25, -0.2) is 0 Å². The molecule has 1 aliphatic heterocycles. The SMILES string of the molecule is CN=C(NCC1(C(=O)N(C)C)CCCC1)N1CCC2(CCCC2)C1.I. The lowest BCUT2D eigenvalue weighted by molar-refractivity contribution is -0.138. The summed E-state index contributed by atoms with van der Waals surface area (Å²) < 4.78 is 0. The molecule has 0 atom stereocenters. The predicted octanol–water partition coefficient (Wildman–Crippen LogP) is 3.09. The molecule has 0 aromatic carbocycles. The Morgan fingerprint density at radius 1 is 1.08 bits per heavy atom. The van der Waals surface area contributed by atoms with Crippen molar-refractivity contribution in [3.8, 4) is 0 Å². The molecule has 0 unspecified atom stereocenters. The van der Waals surface area contributed by atoms with Crippen molar-refractivity contribution in [2.75, 3.05) is 40.8 Å². The molecular formula is C19H35IN4O. The van der Waals surface area contributed by atoms with Gasteiger partial charge in [0.1, 0.15) is 0 Å². The maximum Gasteiger partial charge on any atom is 0.230 e. The van der Waals surface area contributed by atoms with Crippen LogP contribution >= 0.6 is 24.0 Å². The summed E-state index contributed by atoms with van der Waals surface area (Å²) in [5.41, 5.74) is 0.312. The molecule has 0 aromatic heterocycles. The number of rotatable bonds is 3. The second-order valence-electron chi connectivity index (χ2n) is 8.47. The van der Waals surface area contributed by atoms with Crippen molar-refractivity contribution >= 4 is 35.8 Å². The average Bonchev–Trinajstić information content (AvgIpc) is 3.31. The number of amides is 1. The van der Waals surface area contributed by atoms with Gasteiger partial charge in [0.25, 0.3) is 0 Å². The molecule has 6 heteroatoms. The molecule has 144 valence electrons. The zero-order valence-corrected chi connectivity index (χ0v) is 18.5. The summed E-state index contributed by atoms with van der Waals surface area (Å²) in [7, 11) is 5.63. The second-order valence-corrected chi connectivity index (χ2v) is 8.47. The number of carbonyl (C=O) groups excluding carboxylic acids is 1. The number of hydrogen-bond donors (Lipinski definition) is 1. The van der Waals surface area contributed by atoms with Crippen LogP contribution in [0.1, 0.15) is 57.8 Å². The molecule has 1 N–H and O–H groups in total. The lowest BCUT2D eigenvalue weighted by atomic mass is 9.84. The van der Waals surface area contributed by atoms with Gasteiger partial charge in [0.15, 0.2) is 5.96 Å². The van der Waals surface area contributed by atoms with E-state index in [-0.39, 0.29) is 35.3 Å². The highest BCUT2D eigenvalue weighted by Gasteiger charge is 2.44. The highest BCUT2D eigenvalue weighted by atomic mass is 127. The smallest absolute Gasteiger partial charge is 0.230 e. The van der Waals surface area contributed by atoms with Crippen LogP contribution in [0, 0.1) is 10.8 Å². The average molecular weight is 462 g/mol. The number of carbonyl (C=O) groups is 1. The molecule has 1 heterocycles. The van der Waals surface area contributed by atoms with Crippen LogP contribution in [0.25, 0.3) is 0 Å². The Kier molecular flexibility index (Phi) is 7.01. The number of likely N-dealkylation sites (tertiary alicyclic amines) is 1. The quantitative estimate of drug-likeness (QED) is 0.399. The molecule has 2 saturated carbocycles. The van der Waals surface area contributed by atoms with E-state index in [2.05, 4.69) is 15.2 Å². The lowest BCUT2D eigenvalue weighted by Crippen LogP contribution is -2.50. The second kappa shape index (κ2) is 8.44. The third-order valence-electron chi connectivity index (χ3n) is 6.62. The molecule has 1 amide bonds. The normalized spacial score (nSPS) is 24.4. The van der Waals surface area contributed by atoms with Gasteiger partial charge >= 0.3 is 0 Å². The minimum Gasteiger partial charge on any atom is -0.355 e. The molecule has 2 aliphatic carbocycles. The molecule has 0 bridgehead atoms. The lowest BCUT2D eigenvalue weighted by Gasteiger charge is -2.33. The molecule has 1 spiro atoms. The van der Waals surface area contributed by atoms with Crippen LogP contribution in [-0.2, 0) is 4.79 Å². The van der Waals surface area contributed by atoms with Crippen molar-refractivity contribution in [3.63, 3.8) is 0 Å². The molecule has 0 radical (unpaired) electrons. The van der Waals surface area contributed by atoms with Crippen LogP contribution in [0.2, 0.25) is 0 Å². The fraction of sp³-hybridized carbons (Fsp3) is 0.895. The molecule has 1 saturated heterocycles. The topological polar surface area (TPSA) is 47.9 Å². The van der Waals surface area contributed by atoms with E-state index in [0.29, 0.717) is 5.41 Å². The van der Waals surface area contributed by atoms with E-state index in [9.17, 15) is 4.79 Å². The number of halogens is 1. The number of nitrogens with one attached hydrogen (secondary N) is 1. The Balaban J connectivity index is 0.00000225. The van der Waals surface area contributed by atoms with E-state index >= 15 is 0 Å². The molecule has 3 aliphatic rings. The number of hydrogen-bond acceptors (Lipinski definition) is 2. The summed E-state index contributed by atoms with van der Waals surface area (Å²) >= 11 is 0. The van der Waals surface area contributed by atoms with Gasteiger partial charge in [0.2, 0.25) is 5.91 Å². The van der Waals surface area contributed by atoms with Crippen LogP contribution in [0.5, 0.6) is 0 Å². The van der Waals surface area contributed by atoms with Crippen molar-refractivity contribution in [1.82, 2.24) is 15.1 Å². The van der Waals surface area contributed by atoms with E-state index in [1.807, 2.05) is 21.1 Å². The van der Waals surface area contributed by atoms with Crippen LogP contribution < -0.4 is 5.32 Å². The minimum absolute atomic E-state index is 0. The van der Waals surface area contributed by atoms with E-state index in [0.717, 1.165) is 51.3 Å². The summed E-state index contributed by atoms with van der Waals surface area (Å²) in [5.74, 6) is 1.27. The van der Waals surface area contributed by atoms with Gasteiger partial charge in [-0.15, -0.1) is 24.0 Å². The molecule has 3 fully saturated rings. The van der Waals surface area contributed by atoms with Gasteiger partial charge in [0.05, 0.1) is 5.41 Å². The highest BCUT2D eigenvalue weighted by molar-refractivity contribution is 14.0. The van der Waals surface area contributed by atoms with Crippen molar-refractivity contribution in [2.24, 2.45) is 15.8 Å². The maximum atomic E-state index is 12.7. The summed E-state index contributed by atoms with van der Waals surface area (Å²) in [6.45, 7) is 2.97. The Morgan fingerprint density at radius 3 is 2.24 bits per heavy atom. The third-order valence-corrected chi connectivity index (χ3v) is 6.62. The van der Waals surface area contributed by atoms with Crippen molar-refractivity contribution in [2.45, 2.75) is 57.8 Å². The standard InChI is InChI=1S/C19H34N4O.HI/c1-20-17(23-13-12-18(15-23)8-4-5-9-18)21-14-19(10-6-7-11-19)16(24)22(2)3;/h4-15H2,1-3H3,(H,20,21);1H. The van der Waals surface area contributed by atoms with Crippen LogP contribution in [0.15, 0.2) is 4.99 Å². The Bertz CT molecular complexity index is 494. The molecule has 25 heavy (non-hydrogen) atoms. The van der Waals surface area contributed by atoms with E-state index < -0.39 is 0 Å². The summed E-state index contributed by atoms with van der Waals surface area (Å²) in [6, 6.07) is 0. The Hall–Kier alpha value is -0.530. The van der Waals surface area contributed by atoms with Gasteiger partial charge in [0, 0.05) is 40.8 Å². The van der Waals surface area contributed by atoms with Gasteiger partial charge in [-0.2, -0.15) is 0 Å². The van der Waals surface area contributed by atoms with Crippen LogP contribution in [0.3, 0.4) is 0 Å². The van der Waals surface area contributed by atoms with Crippen molar-refractivity contribution in [3.05, 3.63) is 0 Å². The summed E-state index contributed by atoms with van der Waals surface area (Å²) in [4.78, 5) is 21.4.